The molecule has 0 bridgehead atoms. The molecular weight excluding hydrogens is 382 g/mol. The third-order valence-electron chi connectivity index (χ3n) is 5.56. The lowest BCUT2D eigenvalue weighted by molar-refractivity contribution is 0.0948. The van der Waals surface area contributed by atoms with Crippen LogP contribution in [0.15, 0.2) is 29.6 Å². The first-order valence-electron chi connectivity index (χ1n) is 10.8. The largest absolute Gasteiger partial charge is 0.352 e. The molecule has 8 heteroatoms. The first-order valence-corrected chi connectivity index (χ1v) is 10.8. The Hall–Kier alpha value is -2.90. The molecule has 1 saturated carbocycles. The molecular formula is C22H31N5O3. The summed E-state index contributed by atoms with van der Waals surface area (Å²) in [5.41, 5.74) is 0.352. The van der Waals surface area contributed by atoms with E-state index in [2.05, 4.69) is 15.7 Å². The molecule has 0 aromatic carbocycles. The van der Waals surface area contributed by atoms with Gasteiger partial charge in [-0.2, -0.15) is 5.10 Å². The molecule has 2 aromatic heterocycles. The van der Waals surface area contributed by atoms with Crippen LogP contribution in [0.2, 0.25) is 0 Å². The van der Waals surface area contributed by atoms with E-state index >= 15 is 0 Å². The summed E-state index contributed by atoms with van der Waals surface area (Å²) in [4.78, 5) is 38.5. The van der Waals surface area contributed by atoms with Crippen molar-refractivity contribution in [1.82, 2.24) is 25.0 Å². The lowest BCUT2D eigenvalue weighted by Crippen LogP contribution is -2.36. The minimum absolute atomic E-state index is 0.00704. The molecule has 0 unspecified atom stereocenters. The average molecular weight is 414 g/mol. The van der Waals surface area contributed by atoms with E-state index in [0.29, 0.717) is 6.54 Å². The Morgan fingerprint density at radius 2 is 1.73 bits per heavy atom. The summed E-state index contributed by atoms with van der Waals surface area (Å²) >= 11 is 0. The Labute approximate surface area is 176 Å². The number of nitrogens with one attached hydrogen (secondary N) is 2. The molecule has 0 radical (unpaired) electrons. The molecule has 0 spiro atoms. The zero-order valence-electron chi connectivity index (χ0n) is 17.8. The Morgan fingerprint density at radius 1 is 1.07 bits per heavy atom. The Kier molecular flexibility index (Phi) is 7.43. The van der Waals surface area contributed by atoms with Gasteiger partial charge < -0.3 is 15.2 Å². The van der Waals surface area contributed by atoms with Gasteiger partial charge in [-0.25, -0.2) is 0 Å². The van der Waals surface area contributed by atoms with Crippen LogP contribution >= 0.6 is 0 Å². The van der Waals surface area contributed by atoms with Gasteiger partial charge in [-0.3, -0.25) is 19.1 Å². The summed E-state index contributed by atoms with van der Waals surface area (Å²) in [5, 5.41) is 9.66. The van der Waals surface area contributed by atoms with Gasteiger partial charge in [0.1, 0.15) is 11.1 Å². The number of rotatable bonds is 8. The van der Waals surface area contributed by atoms with Gasteiger partial charge in [0.05, 0.1) is 6.20 Å². The number of pyridine rings is 1. The summed E-state index contributed by atoms with van der Waals surface area (Å²) in [6.45, 7) is 2.81. The van der Waals surface area contributed by atoms with Gasteiger partial charge >= 0.3 is 0 Å². The Balaban J connectivity index is 1.87. The molecule has 1 fully saturated rings. The zero-order chi connectivity index (χ0) is 21.5. The Morgan fingerprint density at radius 3 is 2.33 bits per heavy atom. The highest BCUT2D eigenvalue weighted by Crippen LogP contribution is 2.28. The zero-order valence-corrected chi connectivity index (χ0v) is 17.8. The van der Waals surface area contributed by atoms with Crippen molar-refractivity contribution in [2.24, 2.45) is 7.05 Å². The number of aromatic nitrogens is 3. The molecule has 2 N–H and O–H groups in total. The van der Waals surface area contributed by atoms with Gasteiger partial charge in [0.25, 0.3) is 11.8 Å². The van der Waals surface area contributed by atoms with Crippen molar-refractivity contribution < 1.29 is 9.59 Å². The fraction of sp³-hybridized carbons (Fsp3) is 0.545. The molecule has 3 rings (SSSR count). The predicted octanol–water partition coefficient (Wildman–Crippen LogP) is 2.55. The molecule has 0 saturated heterocycles. The van der Waals surface area contributed by atoms with Crippen LogP contribution in [-0.2, 0) is 13.6 Å². The van der Waals surface area contributed by atoms with Gasteiger partial charge in [-0.05, 0) is 19.3 Å². The van der Waals surface area contributed by atoms with Gasteiger partial charge in [-0.15, -0.1) is 0 Å². The second-order valence-corrected chi connectivity index (χ2v) is 7.97. The number of hydrogen-bond acceptors (Lipinski definition) is 4. The SMILES string of the molecule is CCCCNC(=O)c1cn(C2CCCCC2)cc(C(=O)NCc2cnn(C)c2)c1=O. The van der Waals surface area contributed by atoms with Crippen molar-refractivity contribution in [3.8, 4) is 0 Å². The van der Waals surface area contributed by atoms with Crippen LogP contribution in [0.3, 0.4) is 0 Å². The smallest absolute Gasteiger partial charge is 0.257 e. The molecule has 1 aliphatic rings. The van der Waals surface area contributed by atoms with Crippen molar-refractivity contribution in [1.29, 1.82) is 0 Å². The lowest BCUT2D eigenvalue weighted by atomic mass is 9.95. The van der Waals surface area contributed by atoms with Crippen LogP contribution in [0.4, 0.5) is 0 Å². The van der Waals surface area contributed by atoms with E-state index in [9.17, 15) is 14.4 Å². The summed E-state index contributed by atoms with van der Waals surface area (Å²) in [7, 11) is 1.80. The maximum absolute atomic E-state index is 13.0. The molecule has 0 aliphatic heterocycles. The second-order valence-electron chi connectivity index (χ2n) is 7.97. The van der Waals surface area contributed by atoms with Crippen molar-refractivity contribution in [3.05, 3.63) is 51.7 Å². The molecule has 2 heterocycles. The first kappa shape index (κ1) is 21.8. The fourth-order valence-corrected chi connectivity index (χ4v) is 3.83. The van der Waals surface area contributed by atoms with E-state index in [1.54, 1.807) is 36.5 Å². The van der Waals surface area contributed by atoms with Crippen molar-refractivity contribution >= 4 is 11.8 Å². The monoisotopic (exact) mass is 413 g/mol. The summed E-state index contributed by atoms with van der Waals surface area (Å²) < 4.78 is 3.55. The third-order valence-corrected chi connectivity index (χ3v) is 5.56. The summed E-state index contributed by atoms with van der Waals surface area (Å²) in [6, 6.07) is 0.200. The van der Waals surface area contributed by atoms with Crippen molar-refractivity contribution in [2.45, 2.75) is 64.5 Å². The van der Waals surface area contributed by atoms with Gasteiger partial charge in [0, 0.05) is 50.3 Å². The minimum Gasteiger partial charge on any atom is -0.352 e. The molecule has 8 nitrogen and oxygen atoms in total. The van der Waals surface area contributed by atoms with Gasteiger partial charge in [0.15, 0.2) is 0 Å². The van der Waals surface area contributed by atoms with Crippen molar-refractivity contribution in [2.75, 3.05) is 6.54 Å². The van der Waals surface area contributed by atoms with Crippen LogP contribution in [0.5, 0.6) is 0 Å². The number of carbonyl (C=O) groups excluding carboxylic acids is 2. The highest BCUT2D eigenvalue weighted by Gasteiger charge is 2.22. The number of unbranched alkanes of at least 4 members (excludes halogenated alkanes) is 1. The number of carbonyl (C=O) groups is 2. The standard InChI is InChI=1S/C22H31N5O3/c1-3-4-10-23-21(29)18-14-27(17-8-6-5-7-9-17)15-19(20(18)28)22(30)24-11-16-12-25-26(2)13-16/h12-15,17H,3-11H2,1-2H3,(H,23,29)(H,24,30). The number of aryl methyl sites for hydroxylation is 1. The van der Waals surface area contributed by atoms with E-state index in [1.165, 1.54) is 6.42 Å². The number of nitrogens with zero attached hydrogens (tertiary/aromatic N) is 3. The van der Waals surface area contributed by atoms with Crippen LogP contribution in [0.25, 0.3) is 0 Å². The summed E-state index contributed by atoms with van der Waals surface area (Å²) in [5.74, 6) is -0.892. The van der Waals surface area contributed by atoms with E-state index in [4.69, 9.17) is 0 Å². The van der Waals surface area contributed by atoms with E-state index < -0.39 is 17.2 Å². The maximum Gasteiger partial charge on any atom is 0.257 e. The maximum atomic E-state index is 13.0. The normalized spacial score (nSPS) is 14.5. The van der Waals surface area contributed by atoms with Crippen LogP contribution in [0.1, 0.15) is 84.2 Å². The second kappa shape index (κ2) is 10.2. The number of amides is 2. The minimum atomic E-state index is -0.528. The first-order chi connectivity index (χ1) is 14.5. The van der Waals surface area contributed by atoms with E-state index in [-0.39, 0.29) is 23.7 Å². The lowest BCUT2D eigenvalue weighted by Gasteiger charge is -2.25. The molecule has 2 amide bonds. The van der Waals surface area contributed by atoms with E-state index in [1.807, 2.05) is 11.5 Å². The van der Waals surface area contributed by atoms with Crippen LogP contribution in [-0.4, -0.2) is 32.7 Å². The highest BCUT2D eigenvalue weighted by molar-refractivity contribution is 5.99. The van der Waals surface area contributed by atoms with Crippen LogP contribution in [0, 0.1) is 0 Å². The van der Waals surface area contributed by atoms with Crippen molar-refractivity contribution in [3.63, 3.8) is 0 Å². The number of hydrogen-bond donors (Lipinski definition) is 2. The fourth-order valence-electron chi connectivity index (χ4n) is 3.83. The van der Waals surface area contributed by atoms with Crippen LogP contribution < -0.4 is 16.1 Å². The summed E-state index contributed by atoms with van der Waals surface area (Å²) in [6.07, 6.45) is 13.9. The molecule has 162 valence electrons. The quantitative estimate of drug-likeness (QED) is 0.650. The van der Waals surface area contributed by atoms with Gasteiger partial charge in [0.2, 0.25) is 5.43 Å². The molecule has 30 heavy (non-hydrogen) atoms. The average Bonchev–Trinajstić information content (AvgIpc) is 3.18. The Bertz CT molecular complexity index is 940. The molecule has 2 aromatic rings. The molecule has 0 atom stereocenters. The highest BCUT2D eigenvalue weighted by atomic mass is 16.2. The van der Waals surface area contributed by atoms with E-state index in [0.717, 1.165) is 44.1 Å². The topological polar surface area (TPSA) is 98.0 Å². The molecule has 1 aliphatic carbocycles. The predicted molar refractivity (Wildman–Crippen MR) is 114 cm³/mol. The third kappa shape index (κ3) is 5.37. The van der Waals surface area contributed by atoms with Gasteiger partial charge in [-0.1, -0.05) is 32.6 Å².